The fourth-order valence-electron chi connectivity index (χ4n) is 2.50. The van der Waals surface area contributed by atoms with Gasteiger partial charge in [-0.25, -0.2) is 4.52 Å². The molecule has 0 aliphatic carbocycles. The van der Waals surface area contributed by atoms with Gasteiger partial charge < -0.3 is 10.6 Å². The average Bonchev–Trinajstić information content (AvgIpc) is 3.03. The van der Waals surface area contributed by atoms with E-state index in [9.17, 15) is 0 Å². The van der Waals surface area contributed by atoms with Crippen molar-refractivity contribution in [2.24, 2.45) is 10.2 Å². The molecule has 0 fully saturated rings. The number of anilines is 2. The molecular formula is C17H22N8. The molecule has 130 valence electrons. The molecule has 8 nitrogen and oxygen atoms in total. The second-order valence-corrected chi connectivity index (χ2v) is 5.92. The number of aromatic nitrogens is 4. The monoisotopic (exact) mass is 338 g/mol. The summed E-state index contributed by atoms with van der Waals surface area (Å²) in [6.07, 6.45) is 1.90. The molecule has 0 spiro atoms. The Hall–Kier alpha value is -3.03. The van der Waals surface area contributed by atoms with E-state index in [2.05, 4.69) is 30.9 Å². The van der Waals surface area contributed by atoms with Gasteiger partial charge in [0.05, 0.1) is 17.4 Å². The maximum Gasteiger partial charge on any atom is 0.242 e. The number of hydrogen-bond donors (Lipinski definition) is 2. The van der Waals surface area contributed by atoms with Gasteiger partial charge in [-0.3, -0.25) is 4.98 Å². The van der Waals surface area contributed by atoms with Gasteiger partial charge in [0.15, 0.2) is 5.82 Å². The Morgan fingerprint density at radius 3 is 2.52 bits per heavy atom. The minimum absolute atomic E-state index is 0.159. The summed E-state index contributed by atoms with van der Waals surface area (Å²) in [7, 11) is 3.63. The predicted octanol–water partition coefficient (Wildman–Crippen LogP) is 3.68. The van der Waals surface area contributed by atoms with E-state index in [0.29, 0.717) is 5.95 Å². The first-order valence-electron chi connectivity index (χ1n) is 8.17. The summed E-state index contributed by atoms with van der Waals surface area (Å²) in [6, 6.07) is 6.03. The fraction of sp³-hybridized carbons (Fsp3) is 0.353. The minimum atomic E-state index is 0.159. The van der Waals surface area contributed by atoms with E-state index in [0.717, 1.165) is 34.0 Å². The molecule has 0 amide bonds. The van der Waals surface area contributed by atoms with E-state index >= 15 is 0 Å². The molecular weight excluding hydrogens is 316 g/mol. The van der Waals surface area contributed by atoms with Crippen LogP contribution in [0.25, 0.3) is 16.8 Å². The average molecular weight is 338 g/mol. The Bertz CT molecular complexity index is 926. The van der Waals surface area contributed by atoms with E-state index in [4.69, 9.17) is 4.98 Å². The number of rotatable bonds is 5. The van der Waals surface area contributed by atoms with Crippen LogP contribution in [0.4, 0.5) is 17.5 Å². The lowest BCUT2D eigenvalue weighted by atomic mass is 10.1. The highest BCUT2D eigenvalue weighted by Gasteiger charge is 2.14. The van der Waals surface area contributed by atoms with Gasteiger partial charge in [-0.05, 0) is 39.0 Å². The van der Waals surface area contributed by atoms with E-state index in [-0.39, 0.29) is 6.04 Å². The molecule has 0 bridgehead atoms. The van der Waals surface area contributed by atoms with Crippen LogP contribution in [0.5, 0.6) is 0 Å². The van der Waals surface area contributed by atoms with Crippen molar-refractivity contribution in [3.8, 4) is 11.3 Å². The second kappa shape index (κ2) is 6.84. The highest BCUT2D eigenvalue weighted by Crippen LogP contribution is 2.30. The molecule has 0 aromatic carbocycles. The predicted molar refractivity (Wildman–Crippen MR) is 99.7 cm³/mol. The molecule has 0 unspecified atom stereocenters. The molecule has 25 heavy (non-hydrogen) atoms. The van der Waals surface area contributed by atoms with Crippen molar-refractivity contribution in [2.75, 3.05) is 24.7 Å². The minimum Gasteiger partial charge on any atom is -0.371 e. The van der Waals surface area contributed by atoms with E-state index in [1.807, 2.05) is 52.2 Å². The molecule has 3 heterocycles. The van der Waals surface area contributed by atoms with Gasteiger partial charge in [0.25, 0.3) is 0 Å². The lowest BCUT2D eigenvalue weighted by Crippen LogP contribution is -2.05. The SMILES string of the molecule is CNc1nc(NC)c2c(-c3ccc(N=NC(C)C)c(C)n3)ccn2n1. The lowest BCUT2D eigenvalue weighted by molar-refractivity contribution is 0.777. The van der Waals surface area contributed by atoms with Crippen LogP contribution in [0, 0.1) is 6.92 Å². The van der Waals surface area contributed by atoms with Crippen LogP contribution in [-0.2, 0) is 0 Å². The van der Waals surface area contributed by atoms with Crippen molar-refractivity contribution in [2.45, 2.75) is 26.8 Å². The zero-order chi connectivity index (χ0) is 18.0. The van der Waals surface area contributed by atoms with Crippen LogP contribution in [0.3, 0.4) is 0 Å². The summed E-state index contributed by atoms with van der Waals surface area (Å²) in [4.78, 5) is 9.17. The first-order valence-corrected chi connectivity index (χ1v) is 8.17. The van der Waals surface area contributed by atoms with Crippen LogP contribution in [0.15, 0.2) is 34.6 Å². The zero-order valence-electron chi connectivity index (χ0n) is 15.1. The molecule has 0 aliphatic heterocycles. The number of azo groups is 1. The molecule has 2 N–H and O–H groups in total. The van der Waals surface area contributed by atoms with Crippen molar-refractivity contribution < 1.29 is 0 Å². The van der Waals surface area contributed by atoms with Gasteiger partial charge in [-0.2, -0.15) is 15.2 Å². The number of aryl methyl sites for hydroxylation is 1. The summed E-state index contributed by atoms with van der Waals surface area (Å²) < 4.78 is 1.80. The number of pyridine rings is 1. The molecule has 3 aromatic rings. The third kappa shape index (κ3) is 3.28. The van der Waals surface area contributed by atoms with Crippen LogP contribution in [0.2, 0.25) is 0 Å². The van der Waals surface area contributed by atoms with Crippen molar-refractivity contribution in [3.05, 3.63) is 30.1 Å². The normalized spacial score (nSPS) is 11.6. The quantitative estimate of drug-likeness (QED) is 0.692. The fourth-order valence-corrected chi connectivity index (χ4v) is 2.50. The van der Waals surface area contributed by atoms with Crippen LogP contribution >= 0.6 is 0 Å². The highest BCUT2D eigenvalue weighted by atomic mass is 15.3. The van der Waals surface area contributed by atoms with Crippen molar-refractivity contribution in [3.63, 3.8) is 0 Å². The third-order valence-corrected chi connectivity index (χ3v) is 3.70. The summed E-state index contributed by atoms with van der Waals surface area (Å²) in [5, 5.41) is 19.0. The Balaban J connectivity index is 2.09. The number of nitrogens with zero attached hydrogens (tertiary/aromatic N) is 6. The first-order chi connectivity index (χ1) is 12.0. The number of hydrogen-bond acceptors (Lipinski definition) is 7. The summed E-state index contributed by atoms with van der Waals surface area (Å²) in [6.45, 7) is 5.92. The largest absolute Gasteiger partial charge is 0.371 e. The number of fused-ring (bicyclic) bond motifs is 1. The zero-order valence-corrected chi connectivity index (χ0v) is 15.1. The molecule has 0 atom stereocenters. The van der Waals surface area contributed by atoms with Gasteiger partial charge >= 0.3 is 0 Å². The van der Waals surface area contributed by atoms with Crippen LogP contribution in [0.1, 0.15) is 19.5 Å². The van der Waals surface area contributed by atoms with E-state index in [1.54, 1.807) is 11.6 Å². The molecule has 8 heteroatoms. The van der Waals surface area contributed by atoms with Gasteiger partial charge in [0.1, 0.15) is 11.2 Å². The van der Waals surface area contributed by atoms with Crippen molar-refractivity contribution in [1.82, 2.24) is 19.6 Å². The third-order valence-electron chi connectivity index (χ3n) is 3.70. The first kappa shape index (κ1) is 16.8. The molecule has 3 aromatic heterocycles. The topological polar surface area (TPSA) is 91.9 Å². The van der Waals surface area contributed by atoms with Gasteiger partial charge in [-0.15, -0.1) is 5.10 Å². The Labute approximate surface area is 146 Å². The number of nitrogens with one attached hydrogen (secondary N) is 2. The summed E-state index contributed by atoms with van der Waals surface area (Å²) in [5.41, 5.74) is 4.30. The molecule has 3 rings (SSSR count). The molecule has 0 aliphatic rings. The molecule has 0 radical (unpaired) electrons. The van der Waals surface area contributed by atoms with Crippen LogP contribution in [-0.4, -0.2) is 39.7 Å². The lowest BCUT2D eigenvalue weighted by Gasteiger charge is -2.08. The van der Waals surface area contributed by atoms with Crippen molar-refractivity contribution >= 4 is 23.0 Å². The molecule has 0 saturated heterocycles. The highest BCUT2D eigenvalue weighted by molar-refractivity contribution is 5.87. The maximum atomic E-state index is 4.70. The Kier molecular flexibility index (Phi) is 4.60. The standard InChI is InChI=1S/C17H22N8/c1-10(2)22-23-13-6-7-14(20-11(13)3)12-8-9-25-15(12)16(18-4)21-17(19-5)24-25/h6-10H,1-5H3,(H2,18,19,21,24). The maximum absolute atomic E-state index is 4.70. The van der Waals surface area contributed by atoms with Crippen molar-refractivity contribution in [1.29, 1.82) is 0 Å². The smallest absolute Gasteiger partial charge is 0.242 e. The van der Waals surface area contributed by atoms with E-state index in [1.165, 1.54) is 0 Å². The molecule has 0 saturated carbocycles. The Morgan fingerprint density at radius 2 is 1.88 bits per heavy atom. The summed E-state index contributed by atoms with van der Waals surface area (Å²) in [5.74, 6) is 1.29. The summed E-state index contributed by atoms with van der Waals surface area (Å²) >= 11 is 0. The second-order valence-electron chi connectivity index (χ2n) is 5.92. The van der Waals surface area contributed by atoms with Gasteiger partial charge in [0.2, 0.25) is 5.95 Å². The van der Waals surface area contributed by atoms with Gasteiger partial charge in [-0.1, -0.05) is 0 Å². The van der Waals surface area contributed by atoms with Crippen LogP contribution < -0.4 is 10.6 Å². The Morgan fingerprint density at radius 1 is 1.08 bits per heavy atom. The van der Waals surface area contributed by atoms with E-state index < -0.39 is 0 Å². The van der Waals surface area contributed by atoms with Gasteiger partial charge in [0, 0.05) is 25.9 Å².